The van der Waals surface area contributed by atoms with Crippen LogP contribution in [0.4, 0.5) is 0 Å². The van der Waals surface area contributed by atoms with Gasteiger partial charge in [0.05, 0.1) is 0 Å². The summed E-state index contributed by atoms with van der Waals surface area (Å²) in [5.74, 6) is 1.06. The molecule has 0 radical (unpaired) electrons. The molecule has 0 unspecified atom stereocenters. The van der Waals surface area contributed by atoms with Gasteiger partial charge in [-0.1, -0.05) is 33.3 Å². The van der Waals surface area contributed by atoms with Gasteiger partial charge in [0.15, 0.2) is 5.65 Å². The Morgan fingerprint density at radius 3 is 2.80 bits per heavy atom. The lowest BCUT2D eigenvalue weighted by atomic mass is 9.87. The molecule has 2 aromatic heterocycles. The Morgan fingerprint density at radius 2 is 2.07 bits per heavy atom. The summed E-state index contributed by atoms with van der Waals surface area (Å²) in [6, 6.07) is 5.99. The highest BCUT2D eigenvalue weighted by molar-refractivity contribution is 5.38. The molecular weight excluding hydrogens is 186 g/mol. The van der Waals surface area contributed by atoms with Crippen LogP contribution in [0.15, 0.2) is 24.4 Å². The molecule has 0 aliphatic carbocycles. The topological polar surface area (TPSA) is 30.2 Å². The summed E-state index contributed by atoms with van der Waals surface area (Å²) >= 11 is 0. The summed E-state index contributed by atoms with van der Waals surface area (Å²) in [6.07, 6.45) is 4.32. The first-order valence-corrected chi connectivity index (χ1v) is 5.45. The van der Waals surface area contributed by atoms with E-state index in [0.717, 1.165) is 24.3 Å². The minimum atomic E-state index is 0.0928. The van der Waals surface area contributed by atoms with Crippen molar-refractivity contribution in [3.05, 3.63) is 30.2 Å². The Bertz CT molecular complexity index is 457. The van der Waals surface area contributed by atoms with Crippen molar-refractivity contribution in [3.8, 4) is 0 Å². The fourth-order valence-electron chi connectivity index (χ4n) is 2.04. The lowest BCUT2D eigenvalue weighted by molar-refractivity contribution is 0.440. The van der Waals surface area contributed by atoms with Crippen LogP contribution in [-0.4, -0.2) is 14.6 Å². The van der Waals surface area contributed by atoms with Crippen LogP contribution < -0.4 is 0 Å². The quantitative estimate of drug-likeness (QED) is 0.767. The Morgan fingerprint density at radius 1 is 1.27 bits per heavy atom. The monoisotopic (exact) mass is 203 g/mol. The Kier molecular flexibility index (Phi) is 2.47. The van der Waals surface area contributed by atoms with E-state index in [1.165, 1.54) is 0 Å². The molecule has 0 atom stereocenters. The fraction of sp³-hybridized carbons (Fsp3) is 0.500. The van der Waals surface area contributed by atoms with Crippen molar-refractivity contribution in [1.82, 2.24) is 14.6 Å². The van der Waals surface area contributed by atoms with E-state index in [2.05, 4.69) is 35.4 Å². The molecule has 0 aliphatic rings. The Hall–Kier alpha value is -1.38. The minimum absolute atomic E-state index is 0.0928. The van der Waals surface area contributed by atoms with E-state index >= 15 is 0 Å². The first-order chi connectivity index (χ1) is 7.15. The lowest BCUT2D eigenvalue weighted by Gasteiger charge is -2.21. The fourth-order valence-corrected chi connectivity index (χ4v) is 2.04. The number of fused-ring (bicyclic) bond motifs is 1. The van der Waals surface area contributed by atoms with Gasteiger partial charge < -0.3 is 0 Å². The van der Waals surface area contributed by atoms with Gasteiger partial charge in [0.25, 0.3) is 0 Å². The van der Waals surface area contributed by atoms with Crippen LogP contribution >= 0.6 is 0 Å². The van der Waals surface area contributed by atoms with Gasteiger partial charge in [0, 0.05) is 11.6 Å². The Balaban J connectivity index is 2.52. The predicted octanol–water partition coefficient (Wildman–Crippen LogP) is 2.81. The molecule has 2 aromatic rings. The van der Waals surface area contributed by atoms with E-state index in [0.29, 0.717) is 0 Å². The Labute approximate surface area is 90.1 Å². The van der Waals surface area contributed by atoms with Crippen LogP contribution in [0.2, 0.25) is 0 Å². The third-order valence-corrected chi connectivity index (χ3v) is 2.79. The third kappa shape index (κ3) is 1.74. The maximum absolute atomic E-state index is 4.30. The average molecular weight is 203 g/mol. The third-order valence-electron chi connectivity index (χ3n) is 2.79. The average Bonchev–Trinajstić information content (AvgIpc) is 2.61. The summed E-state index contributed by atoms with van der Waals surface area (Å²) in [5, 5.41) is 8.48. The zero-order valence-electron chi connectivity index (χ0n) is 9.57. The van der Waals surface area contributed by atoms with Crippen molar-refractivity contribution in [2.75, 3.05) is 0 Å². The summed E-state index contributed by atoms with van der Waals surface area (Å²) < 4.78 is 2.08. The molecular formula is C12H17N3. The zero-order chi connectivity index (χ0) is 10.9. The van der Waals surface area contributed by atoms with Gasteiger partial charge in [-0.15, -0.1) is 10.2 Å². The highest BCUT2D eigenvalue weighted by Crippen LogP contribution is 2.26. The second-order valence-electron chi connectivity index (χ2n) is 4.59. The molecule has 0 amide bonds. The smallest absolute Gasteiger partial charge is 0.160 e. The molecule has 0 aromatic carbocycles. The van der Waals surface area contributed by atoms with E-state index < -0.39 is 0 Å². The molecule has 0 saturated carbocycles. The molecule has 0 fully saturated rings. The normalized spacial score (nSPS) is 12.2. The van der Waals surface area contributed by atoms with E-state index in [1.54, 1.807) is 0 Å². The van der Waals surface area contributed by atoms with Gasteiger partial charge in [0.2, 0.25) is 0 Å². The van der Waals surface area contributed by atoms with Crippen LogP contribution in [0.25, 0.3) is 5.65 Å². The van der Waals surface area contributed by atoms with Gasteiger partial charge in [0.1, 0.15) is 5.82 Å². The summed E-state index contributed by atoms with van der Waals surface area (Å²) in [4.78, 5) is 0. The zero-order valence-corrected chi connectivity index (χ0v) is 9.57. The van der Waals surface area contributed by atoms with Crippen LogP contribution in [-0.2, 0) is 5.41 Å². The van der Waals surface area contributed by atoms with Crippen LogP contribution in [0, 0.1) is 0 Å². The van der Waals surface area contributed by atoms with Gasteiger partial charge >= 0.3 is 0 Å². The van der Waals surface area contributed by atoms with Crippen molar-refractivity contribution in [2.45, 2.75) is 39.0 Å². The predicted molar refractivity (Wildman–Crippen MR) is 60.9 cm³/mol. The number of nitrogens with zero attached hydrogens (tertiary/aromatic N) is 3. The molecule has 2 rings (SSSR count). The first kappa shape index (κ1) is 10.1. The van der Waals surface area contributed by atoms with Crippen LogP contribution in [0.1, 0.15) is 39.4 Å². The standard InChI is InChI=1S/C12H17N3/c1-4-8-12(2,3)11-14-13-10-7-5-6-9-15(10)11/h5-7,9H,4,8H2,1-3H3. The van der Waals surface area contributed by atoms with Crippen molar-refractivity contribution >= 4 is 5.65 Å². The van der Waals surface area contributed by atoms with Crippen molar-refractivity contribution < 1.29 is 0 Å². The largest absolute Gasteiger partial charge is 0.286 e. The van der Waals surface area contributed by atoms with Crippen molar-refractivity contribution in [3.63, 3.8) is 0 Å². The number of rotatable bonds is 3. The summed E-state index contributed by atoms with van der Waals surface area (Å²) in [6.45, 7) is 6.64. The van der Waals surface area contributed by atoms with E-state index in [1.807, 2.05) is 24.4 Å². The van der Waals surface area contributed by atoms with E-state index in [9.17, 15) is 0 Å². The van der Waals surface area contributed by atoms with Gasteiger partial charge in [-0.2, -0.15) is 0 Å². The molecule has 0 spiro atoms. The molecule has 2 heterocycles. The van der Waals surface area contributed by atoms with Gasteiger partial charge in [-0.05, 0) is 18.6 Å². The maximum atomic E-state index is 4.30. The molecule has 0 saturated heterocycles. The van der Waals surface area contributed by atoms with Gasteiger partial charge in [-0.3, -0.25) is 4.40 Å². The lowest BCUT2D eigenvalue weighted by Crippen LogP contribution is -2.20. The highest BCUT2D eigenvalue weighted by atomic mass is 15.2. The molecule has 3 nitrogen and oxygen atoms in total. The molecule has 15 heavy (non-hydrogen) atoms. The van der Waals surface area contributed by atoms with Crippen LogP contribution in [0.3, 0.4) is 0 Å². The SMILES string of the molecule is CCCC(C)(C)c1nnc2ccccn12. The second kappa shape index (κ2) is 3.65. The molecule has 0 bridgehead atoms. The summed E-state index contributed by atoms with van der Waals surface area (Å²) in [7, 11) is 0. The second-order valence-corrected chi connectivity index (χ2v) is 4.59. The number of hydrogen-bond acceptors (Lipinski definition) is 2. The number of pyridine rings is 1. The number of hydrogen-bond donors (Lipinski definition) is 0. The van der Waals surface area contributed by atoms with Crippen molar-refractivity contribution in [1.29, 1.82) is 0 Å². The molecule has 3 heteroatoms. The summed E-state index contributed by atoms with van der Waals surface area (Å²) in [5.41, 5.74) is 1.02. The minimum Gasteiger partial charge on any atom is -0.286 e. The molecule has 0 N–H and O–H groups in total. The van der Waals surface area contributed by atoms with Crippen molar-refractivity contribution in [2.24, 2.45) is 0 Å². The number of aromatic nitrogens is 3. The van der Waals surface area contributed by atoms with E-state index in [4.69, 9.17) is 0 Å². The van der Waals surface area contributed by atoms with E-state index in [-0.39, 0.29) is 5.41 Å². The molecule has 80 valence electrons. The van der Waals surface area contributed by atoms with Gasteiger partial charge in [-0.25, -0.2) is 0 Å². The molecule has 0 aliphatic heterocycles. The highest BCUT2D eigenvalue weighted by Gasteiger charge is 2.25. The maximum Gasteiger partial charge on any atom is 0.160 e. The van der Waals surface area contributed by atoms with Crippen LogP contribution in [0.5, 0.6) is 0 Å². The first-order valence-electron chi connectivity index (χ1n) is 5.45.